The molecule has 2 aromatic rings. The Morgan fingerprint density at radius 2 is 1.93 bits per heavy atom. The highest BCUT2D eigenvalue weighted by atomic mass is 16.5. The fourth-order valence-electron chi connectivity index (χ4n) is 4.05. The van der Waals surface area contributed by atoms with Gasteiger partial charge in [0.25, 0.3) is 5.91 Å². The van der Waals surface area contributed by atoms with E-state index in [0.29, 0.717) is 11.6 Å². The Kier molecular flexibility index (Phi) is 5.36. The third-order valence-electron chi connectivity index (χ3n) is 5.60. The Labute approximate surface area is 164 Å². The highest BCUT2D eigenvalue weighted by molar-refractivity contribution is 6.21. The molecule has 0 bridgehead atoms. The highest BCUT2D eigenvalue weighted by Crippen LogP contribution is 2.21. The Morgan fingerprint density at radius 1 is 1.18 bits per heavy atom. The van der Waals surface area contributed by atoms with Crippen molar-refractivity contribution in [3.05, 3.63) is 53.8 Å². The van der Waals surface area contributed by atoms with Crippen LogP contribution < -0.4 is 14.7 Å². The van der Waals surface area contributed by atoms with E-state index in [9.17, 15) is 9.59 Å². The average Bonchev–Trinajstić information content (AvgIpc) is 3.25. The molecule has 0 saturated carbocycles. The number of quaternary nitrogens is 2. The number of nitrogens with zero attached hydrogens (tertiary/aromatic N) is 2. The zero-order valence-corrected chi connectivity index (χ0v) is 16.1. The second-order valence-electron chi connectivity index (χ2n) is 7.55. The summed E-state index contributed by atoms with van der Waals surface area (Å²) in [6, 6.07) is 11.6. The Hall–Kier alpha value is -2.77. The minimum atomic E-state index is -0.300. The molecule has 0 spiro atoms. The molecule has 2 aliphatic rings. The summed E-state index contributed by atoms with van der Waals surface area (Å²) in [5, 5.41) is 3.84. The standard InChI is InChI=1S/C21H24N4O3/c1-16-14-19(22-28-16)25-20(26)15-18(21(25)27)24-12-10-23(11-13-24)9-5-8-17-6-3-2-4-7-17/h2-8,14,18H,9-13,15H2,1H3/p+2/b8-5+/t18-/m0/s1. The monoisotopic (exact) mass is 382 g/mol. The number of carbonyl (C=O) groups is 2. The van der Waals surface area contributed by atoms with Gasteiger partial charge in [-0.2, -0.15) is 0 Å². The number of aryl methyl sites for hydroxylation is 1. The third kappa shape index (κ3) is 3.90. The van der Waals surface area contributed by atoms with E-state index in [2.05, 4.69) is 29.4 Å². The summed E-state index contributed by atoms with van der Waals surface area (Å²) >= 11 is 0. The second-order valence-corrected chi connectivity index (χ2v) is 7.55. The topological polar surface area (TPSA) is 72.3 Å². The Balaban J connectivity index is 1.31. The van der Waals surface area contributed by atoms with Gasteiger partial charge < -0.3 is 14.3 Å². The molecule has 28 heavy (non-hydrogen) atoms. The highest BCUT2D eigenvalue weighted by Gasteiger charge is 2.47. The minimum absolute atomic E-state index is 0.152. The van der Waals surface area contributed by atoms with Crippen molar-refractivity contribution in [1.29, 1.82) is 0 Å². The van der Waals surface area contributed by atoms with E-state index in [1.807, 2.05) is 18.2 Å². The molecule has 1 aromatic heterocycles. The van der Waals surface area contributed by atoms with Gasteiger partial charge in [-0.15, -0.1) is 0 Å². The van der Waals surface area contributed by atoms with Crippen LogP contribution in [0.2, 0.25) is 0 Å². The number of amides is 2. The molecule has 0 unspecified atom stereocenters. The molecule has 1 atom stereocenters. The van der Waals surface area contributed by atoms with E-state index in [0.717, 1.165) is 32.7 Å². The van der Waals surface area contributed by atoms with Gasteiger partial charge in [-0.05, 0) is 18.6 Å². The van der Waals surface area contributed by atoms with Gasteiger partial charge in [0, 0.05) is 6.07 Å². The molecule has 0 aliphatic carbocycles. The molecule has 7 heteroatoms. The summed E-state index contributed by atoms with van der Waals surface area (Å²) in [5.74, 6) is 0.564. The van der Waals surface area contributed by atoms with Crippen LogP contribution in [0.4, 0.5) is 5.82 Å². The van der Waals surface area contributed by atoms with Crippen LogP contribution in [-0.2, 0) is 9.59 Å². The first-order valence-electron chi connectivity index (χ1n) is 9.81. The van der Waals surface area contributed by atoms with Crippen LogP contribution in [0.3, 0.4) is 0 Å². The first kappa shape index (κ1) is 18.6. The molecule has 7 nitrogen and oxygen atoms in total. The van der Waals surface area contributed by atoms with Gasteiger partial charge in [-0.3, -0.25) is 9.59 Å². The Bertz CT molecular complexity index is 869. The lowest BCUT2D eigenvalue weighted by atomic mass is 10.1. The van der Waals surface area contributed by atoms with Crippen molar-refractivity contribution in [1.82, 2.24) is 5.16 Å². The summed E-state index contributed by atoms with van der Waals surface area (Å²) < 4.78 is 5.03. The molecule has 2 aliphatic heterocycles. The third-order valence-corrected chi connectivity index (χ3v) is 5.60. The maximum Gasteiger partial charge on any atom is 0.293 e. The normalized spacial score (nSPS) is 25.8. The predicted octanol–water partition coefficient (Wildman–Crippen LogP) is -0.888. The van der Waals surface area contributed by atoms with Crippen LogP contribution in [0.15, 0.2) is 47.0 Å². The number of hydrogen-bond donors (Lipinski definition) is 2. The van der Waals surface area contributed by atoms with Crippen molar-refractivity contribution in [3.63, 3.8) is 0 Å². The fraction of sp³-hybridized carbons (Fsp3) is 0.381. The van der Waals surface area contributed by atoms with Gasteiger partial charge in [-0.25, -0.2) is 4.90 Å². The number of nitrogens with one attached hydrogen (secondary N) is 2. The van der Waals surface area contributed by atoms with Crippen LogP contribution in [0.1, 0.15) is 17.7 Å². The first-order chi connectivity index (χ1) is 13.6. The van der Waals surface area contributed by atoms with Crippen LogP contribution >= 0.6 is 0 Å². The molecule has 2 N–H and O–H groups in total. The molecular weight excluding hydrogens is 356 g/mol. The zero-order valence-electron chi connectivity index (χ0n) is 16.1. The van der Waals surface area contributed by atoms with E-state index >= 15 is 0 Å². The summed E-state index contributed by atoms with van der Waals surface area (Å²) in [4.78, 5) is 29.1. The predicted molar refractivity (Wildman–Crippen MR) is 104 cm³/mol. The second kappa shape index (κ2) is 8.08. The maximum absolute atomic E-state index is 12.8. The zero-order chi connectivity index (χ0) is 19.5. The van der Waals surface area contributed by atoms with Crippen LogP contribution in [-0.4, -0.2) is 55.7 Å². The van der Waals surface area contributed by atoms with E-state index in [1.54, 1.807) is 13.0 Å². The van der Waals surface area contributed by atoms with Crippen LogP contribution in [0, 0.1) is 6.92 Å². The van der Waals surface area contributed by atoms with E-state index in [4.69, 9.17) is 4.52 Å². The SMILES string of the molecule is Cc1cc(N2C(=O)C[C@H]([NH+]3CC[NH+](C/C=C/c4ccccc4)CC3)C2=O)no1. The lowest BCUT2D eigenvalue weighted by molar-refractivity contribution is -1.02. The fourth-order valence-corrected chi connectivity index (χ4v) is 4.05. The van der Waals surface area contributed by atoms with E-state index < -0.39 is 0 Å². The lowest BCUT2D eigenvalue weighted by Gasteiger charge is -2.31. The van der Waals surface area contributed by atoms with Crippen molar-refractivity contribution in [3.8, 4) is 0 Å². The largest absolute Gasteiger partial charge is 0.360 e. The molecule has 2 fully saturated rings. The molecular formula is C21H26N4O3+2. The van der Waals surface area contributed by atoms with Gasteiger partial charge in [0.2, 0.25) is 5.91 Å². The first-order valence-corrected chi connectivity index (χ1v) is 9.81. The summed E-state index contributed by atoms with van der Waals surface area (Å²) in [5.41, 5.74) is 1.21. The van der Waals surface area contributed by atoms with Crippen LogP contribution in [0.5, 0.6) is 0 Å². The van der Waals surface area contributed by atoms with Crippen molar-refractivity contribution in [2.24, 2.45) is 0 Å². The van der Waals surface area contributed by atoms with E-state index in [-0.39, 0.29) is 24.3 Å². The number of carbonyl (C=O) groups excluding carboxylic acids is 2. The van der Waals surface area contributed by atoms with Gasteiger partial charge >= 0.3 is 0 Å². The smallest absolute Gasteiger partial charge is 0.293 e. The average molecular weight is 382 g/mol. The van der Waals surface area contributed by atoms with E-state index in [1.165, 1.54) is 20.3 Å². The molecule has 4 rings (SSSR count). The number of benzene rings is 1. The van der Waals surface area contributed by atoms with Crippen molar-refractivity contribution >= 4 is 23.7 Å². The molecule has 3 heterocycles. The lowest BCUT2D eigenvalue weighted by Crippen LogP contribution is -3.30. The van der Waals surface area contributed by atoms with Crippen molar-refractivity contribution < 1.29 is 23.9 Å². The number of hydrogen-bond acceptors (Lipinski definition) is 4. The van der Waals surface area contributed by atoms with Gasteiger partial charge in [0.15, 0.2) is 11.9 Å². The molecule has 2 saturated heterocycles. The summed E-state index contributed by atoms with van der Waals surface area (Å²) in [7, 11) is 0. The van der Waals surface area contributed by atoms with Gasteiger partial charge in [-0.1, -0.05) is 41.6 Å². The number of anilines is 1. The molecule has 0 radical (unpaired) electrons. The number of imide groups is 1. The number of rotatable bonds is 5. The summed E-state index contributed by atoms with van der Waals surface area (Å²) in [6.45, 7) is 6.50. The quantitative estimate of drug-likeness (QED) is 0.659. The van der Waals surface area contributed by atoms with Crippen molar-refractivity contribution in [2.75, 3.05) is 37.6 Å². The van der Waals surface area contributed by atoms with Gasteiger partial charge in [0.05, 0.1) is 13.0 Å². The summed E-state index contributed by atoms with van der Waals surface area (Å²) in [6.07, 6.45) is 4.63. The van der Waals surface area contributed by atoms with Gasteiger partial charge in [0.1, 0.15) is 31.9 Å². The van der Waals surface area contributed by atoms with Crippen LogP contribution in [0.25, 0.3) is 6.08 Å². The Morgan fingerprint density at radius 3 is 2.61 bits per heavy atom. The molecule has 2 amide bonds. The van der Waals surface area contributed by atoms with Crippen molar-refractivity contribution in [2.45, 2.75) is 19.4 Å². The number of piperazine rings is 1. The molecule has 146 valence electrons. The number of aromatic nitrogens is 1. The minimum Gasteiger partial charge on any atom is -0.360 e. The molecule has 1 aromatic carbocycles. The maximum atomic E-state index is 12.8.